The van der Waals surface area contributed by atoms with Crippen molar-refractivity contribution in [2.45, 2.75) is 123 Å². The molecule has 0 aromatic heterocycles. The summed E-state index contributed by atoms with van der Waals surface area (Å²) in [6.45, 7) is 8.50. The van der Waals surface area contributed by atoms with Gasteiger partial charge in [-0.15, -0.1) is 0 Å². The second kappa shape index (κ2) is 20.5. The summed E-state index contributed by atoms with van der Waals surface area (Å²) in [7, 11) is 4.44. The highest BCUT2D eigenvalue weighted by Crippen LogP contribution is 2.19. The standard InChI is InChI=1S/C37H60NO3/c1-6-8-9-10-11-12-13-14-15-16-18-21-33-24-26-36(27-25-33)41-35(7-2)31-40-37(39)32(3)28-29-38(4,5)30-34-22-19-17-20-23-34/h17,19-20,22-27,32,35H,6-16,18,21,28-31H2,1-5H3/q+1. The van der Waals surface area contributed by atoms with Crippen LogP contribution in [0.25, 0.3) is 0 Å². The lowest BCUT2D eigenvalue weighted by molar-refractivity contribution is -0.904. The molecule has 0 saturated carbocycles. The molecule has 0 bridgehead atoms. The van der Waals surface area contributed by atoms with Crippen LogP contribution in [0.5, 0.6) is 5.75 Å². The molecular formula is C37H60NO3+. The molecule has 0 spiro atoms. The summed E-state index contributed by atoms with van der Waals surface area (Å²) < 4.78 is 12.7. The van der Waals surface area contributed by atoms with E-state index in [0.717, 1.165) is 42.6 Å². The first-order chi connectivity index (χ1) is 19.8. The molecule has 2 atom stereocenters. The molecule has 41 heavy (non-hydrogen) atoms. The second-order valence-corrected chi connectivity index (χ2v) is 12.7. The Kier molecular flexibility index (Phi) is 17.5. The lowest BCUT2D eigenvalue weighted by Gasteiger charge is -2.30. The molecule has 0 aliphatic heterocycles. The van der Waals surface area contributed by atoms with E-state index in [-0.39, 0.29) is 18.0 Å². The van der Waals surface area contributed by atoms with Crippen LogP contribution < -0.4 is 4.74 Å². The van der Waals surface area contributed by atoms with Crippen molar-refractivity contribution in [3.63, 3.8) is 0 Å². The summed E-state index contributed by atoms with van der Waals surface area (Å²) in [5.41, 5.74) is 2.69. The normalized spacial score (nSPS) is 13.1. The highest BCUT2D eigenvalue weighted by Gasteiger charge is 2.22. The van der Waals surface area contributed by atoms with E-state index in [1.54, 1.807) is 0 Å². The first-order valence-electron chi connectivity index (χ1n) is 16.6. The van der Waals surface area contributed by atoms with Gasteiger partial charge in [0, 0.05) is 12.0 Å². The molecule has 0 N–H and O–H groups in total. The van der Waals surface area contributed by atoms with Crippen LogP contribution in [-0.2, 0) is 22.5 Å². The molecule has 0 heterocycles. The Balaban J connectivity index is 1.60. The van der Waals surface area contributed by atoms with Gasteiger partial charge in [0.2, 0.25) is 0 Å². The number of quaternary nitrogens is 1. The molecular weight excluding hydrogens is 506 g/mol. The molecule has 0 radical (unpaired) electrons. The van der Waals surface area contributed by atoms with Crippen LogP contribution in [0.3, 0.4) is 0 Å². The zero-order valence-electron chi connectivity index (χ0n) is 27.0. The number of hydrogen-bond acceptors (Lipinski definition) is 3. The minimum absolute atomic E-state index is 0.129. The third-order valence-corrected chi connectivity index (χ3v) is 8.19. The van der Waals surface area contributed by atoms with Gasteiger partial charge in [-0.3, -0.25) is 4.79 Å². The number of aryl methyl sites for hydroxylation is 1. The van der Waals surface area contributed by atoms with Crippen molar-refractivity contribution >= 4 is 5.97 Å². The van der Waals surface area contributed by atoms with Gasteiger partial charge < -0.3 is 14.0 Å². The van der Waals surface area contributed by atoms with Gasteiger partial charge in [0.15, 0.2) is 0 Å². The number of carbonyl (C=O) groups excluding carboxylic acids is 1. The van der Waals surface area contributed by atoms with Crippen molar-refractivity contribution in [1.82, 2.24) is 0 Å². The Morgan fingerprint density at radius 2 is 1.34 bits per heavy atom. The Bertz CT molecular complexity index is 925. The topological polar surface area (TPSA) is 35.5 Å². The Morgan fingerprint density at radius 1 is 0.756 bits per heavy atom. The molecule has 230 valence electrons. The molecule has 0 aliphatic rings. The van der Waals surface area contributed by atoms with Crippen LogP contribution in [0.2, 0.25) is 0 Å². The van der Waals surface area contributed by atoms with E-state index >= 15 is 0 Å². The van der Waals surface area contributed by atoms with Gasteiger partial charge in [-0.2, -0.15) is 0 Å². The second-order valence-electron chi connectivity index (χ2n) is 12.7. The number of benzene rings is 2. The minimum Gasteiger partial charge on any atom is -0.487 e. The van der Waals surface area contributed by atoms with E-state index < -0.39 is 0 Å². The highest BCUT2D eigenvalue weighted by atomic mass is 16.6. The third-order valence-electron chi connectivity index (χ3n) is 8.19. The molecule has 2 unspecified atom stereocenters. The number of ether oxygens (including phenoxy) is 2. The Morgan fingerprint density at radius 3 is 1.93 bits per heavy atom. The number of hydrogen-bond donors (Lipinski definition) is 0. The maximum atomic E-state index is 12.7. The van der Waals surface area contributed by atoms with Crippen LogP contribution in [0.4, 0.5) is 0 Å². The van der Waals surface area contributed by atoms with Gasteiger partial charge in [0.25, 0.3) is 0 Å². The van der Waals surface area contributed by atoms with Crippen molar-refractivity contribution < 1.29 is 18.8 Å². The summed E-state index contributed by atoms with van der Waals surface area (Å²) in [5.74, 6) is 0.591. The SMILES string of the molecule is CCCCCCCCCCCCCc1ccc(OC(CC)COC(=O)C(C)CC[N+](C)(C)Cc2ccccc2)cc1. The molecule has 2 rings (SSSR count). The first-order valence-corrected chi connectivity index (χ1v) is 16.6. The predicted octanol–water partition coefficient (Wildman–Crippen LogP) is 9.54. The zero-order valence-corrected chi connectivity index (χ0v) is 27.0. The van der Waals surface area contributed by atoms with Gasteiger partial charge in [0.1, 0.15) is 25.0 Å². The molecule has 0 fully saturated rings. The average molecular weight is 567 g/mol. The number of carbonyl (C=O) groups is 1. The van der Waals surface area contributed by atoms with Crippen molar-refractivity contribution in [2.75, 3.05) is 27.2 Å². The van der Waals surface area contributed by atoms with Crippen molar-refractivity contribution in [3.05, 3.63) is 65.7 Å². The fourth-order valence-corrected chi connectivity index (χ4v) is 5.29. The van der Waals surface area contributed by atoms with Crippen LogP contribution in [-0.4, -0.2) is 43.8 Å². The third kappa shape index (κ3) is 16.0. The van der Waals surface area contributed by atoms with Crippen LogP contribution in [0.1, 0.15) is 115 Å². The van der Waals surface area contributed by atoms with E-state index in [0.29, 0.717) is 6.61 Å². The quantitative estimate of drug-likeness (QED) is 0.0763. The van der Waals surface area contributed by atoms with Gasteiger partial charge in [-0.05, 0) is 37.0 Å². The largest absolute Gasteiger partial charge is 0.487 e. The van der Waals surface area contributed by atoms with Crippen LogP contribution in [0.15, 0.2) is 54.6 Å². The summed E-state index contributed by atoms with van der Waals surface area (Å²) in [6.07, 6.45) is 17.7. The van der Waals surface area contributed by atoms with E-state index in [1.807, 2.05) is 13.0 Å². The number of nitrogens with zero attached hydrogens (tertiary/aromatic N) is 1. The van der Waals surface area contributed by atoms with E-state index in [1.165, 1.54) is 81.8 Å². The number of unbranched alkanes of at least 4 members (excludes halogenated alkanes) is 10. The molecule has 4 heteroatoms. The van der Waals surface area contributed by atoms with Gasteiger partial charge >= 0.3 is 5.97 Å². The van der Waals surface area contributed by atoms with Crippen LogP contribution in [0, 0.1) is 5.92 Å². The summed E-state index contributed by atoms with van der Waals surface area (Å²) in [6, 6.07) is 19.0. The van der Waals surface area contributed by atoms with Gasteiger partial charge in [-0.1, -0.05) is 127 Å². The van der Waals surface area contributed by atoms with Crippen molar-refractivity contribution in [2.24, 2.45) is 5.92 Å². The van der Waals surface area contributed by atoms with Crippen LogP contribution >= 0.6 is 0 Å². The molecule has 2 aromatic carbocycles. The summed E-state index contributed by atoms with van der Waals surface area (Å²) in [4.78, 5) is 12.7. The molecule has 0 amide bonds. The average Bonchev–Trinajstić information content (AvgIpc) is 2.97. The smallest absolute Gasteiger partial charge is 0.309 e. The van der Waals surface area contributed by atoms with Gasteiger partial charge in [-0.25, -0.2) is 0 Å². The molecule has 4 nitrogen and oxygen atoms in total. The molecule has 0 aliphatic carbocycles. The predicted molar refractivity (Wildman–Crippen MR) is 173 cm³/mol. The zero-order chi connectivity index (χ0) is 29.8. The lowest BCUT2D eigenvalue weighted by atomic mass is 10.0. The highest BCUT2D eigenvalue weighted by molar-refractivity contribution is 5.71. The van der Waals surface area contributed by atoms with E-state index in [2.05, 4.69) is 76.5 Å². The fourth-order valence-electron chi connectivity index (χ4n) is 5.29. The summed E-state index contributed by atoms with van der Waals surface area (Å²) >= 11 is 0. The maximum absolute atomic E-state index is 12.7. The lowest BCUT2D eigenvalue weighted by Crippen LogP contribution is -2.40. The minimum atomic E-state index is -0.131. The molecule has 2 aromatic rings. The van der Waals surface area contributed by atoms with Crippen molar-refractivity contribution in [1.29, 1.82) is 0 Å². The first kappa shape index (κ1) is 34.9. The Hall–Kier alpha value is -2.33. The van der Waals surface area contributed by atoms with Crippen molar-refractivity contribution in [3.8, 4) is 5.75 Å². The monoisotopic (exact) mass is 566 g/mol. The number of rotatable bonds is 23. The summed E-state index contributed by atoms with van der Waals surface area (Å²) in [5, 5.41) is 0. The van der Waals surface area contributed by atoms with E-state index in [9.17, 15) is 4.79 Å². The van der Waals surface area contributed by atoms with Gasteiger partial charge in [0.05, 0.1) is 26.6 Å². The molecule has 0 saturated heterocycles. The Labute approximate surface area is 252 Å². The maximum Gasteiger partial charge on any atom is 0.309 e. The van der Waals surface area contributed by atoms with E-state index in [4.69, 9.17) is 9.47 Å². The fraction of sp³-hybridized carbons (Fsp3) is 0.649. The number of esters is 1.